The number of nitrogens with two attached hydrogens (primary N) is 1. The van der Waals surface area contributed by atoms with E-state index in [0.29, 0.717) is 5.88 Å². The highest BCUT2D eigenvalue weighted by molar-refractivity contribution is 7.94. The lowest BCUT2D eigenvalue weighted by Gasteiger charge is -2.05. The summed E-state index contributed by atoms with van der Waals surface area (Å²) in [6.45, 7) is 0. The van der Waals surface area contributed by atoms with Crippen LogP contribution in [0, 0.1) is 0 Å². The van der Waals surface area contributed by atoms with E-state index in [1.54, 1.807) is 7.11 Å². The van der Waals surface area contributed by atoms with Crippen LogP contribution in [-0.2, 0) is 4.28 Å². The highest BCUT2D eigenvalue weighted by Gasteiger charge is 2.07. The van der Waals surface area contributed by atoms with Crippen LogP contribution >= 0.6 is 12.0 Å². The molecule has 0 atom stereocenters. The van der Waals surface area contributed by atoms with E-state index in [1.807, 2.05) is 18.2 Å². The van der Waals surface area contributed by atoms with Gasteiger partial charge in [0.1, 0.15) is 6.33 Å². The van der Waals surface area contributed by atoms with Crippen molar-refractivity contribution < 1.29 is 9.02 Å². The number of hydrogen-bond acceptors (Lipinski definition) is 6. The number of aromatic nitrogens is 2. The second-order valence-corrected chi connectivity index (χ2v) is 3.51. The molecule has 2 N–H and O–H groups in total. The number of fused-ring (bicyclic) bond motifs is 1. The first kappa shape index (κ1) is 10.2. The van der Waals surface area contributed by atoms with Crippen molar-refractivity contribution in [1.29, 1.82) is 0 Å². The molecule has 0 unspecified atom stereocenters. The molecule has 0 saturated carbocycles. The quantitative estimate of drug-likeness (QED) is 0.628. The van der Waals surface area contributed by atoms with Crippen molar-refractivity contribution >= 4 is 22.9 Å². The molecule has 0 radical (unpaired) electrons. The minimum absolute atomic E-state index is 0.541. The highest BCUT2D eigenvalue weighted by atomic mass is 32.2. The summed E-state index contributed by atoms with van der Waals surface area (Å²) in [5.41, 5.74) is 0.764. The molecule has 1 aromatic heterocycles. The SMILES string of the molecule is COc1ncnc2c(SON)cccc12. The number of hydrogen-bond donors (Lipinski definition) is 1. The summed E-state index contributed by atoms with van der Waals surface area (Å²) >= 11 is 1.06. The minimum atomic E-state index is 0.541. The van der Waals surface area contributed by atoms with E-state index in [-0.39, 0.29) is 0 Å². The molecule has 5 nitrogen and oxygen atoms in total. The van der Waals surface area contributed by atoms with Gasteiger partial charge in [-0.25, -0.2) is 20.1 Å². The van der Waals surface area contributed by atoms with E-state index in [4.69, 9.17) is 10.6 Å². The molecule has 0 aliphatic heterocycles. The van der Waals surface area contributed by atoms with Crippen molar-refractivity contribution in [3.8, 4) is 5.88 Å². The first-order valence-corrected chi connectivity index (χ1v) is 4.92. The maximum absolute atomic E-state index is 5.13. The Balaban J connectivity index is 2.65. The Morgan fingerprint density at radius 1 is 1.33 bits per heavy atom. The van der Waals surface area contributed by atoms with E-state index in [0.717, 1.165) is 27.8 Å². The van der Waals surface area contributed by atoms with E-state index >= 15 is 0 Å². The molecular weight excluding hydrogens is 214 g/mol. The summed E-state index contributed by atoms with van der Waals surface area (Å²) < 4.78 is 9.65. The highest BCUT2D eigenvalue weighted by Crippen LogP contribution is 2.29. The van der Waals surface area contributed by atoms with Crippen LogP contribution in [0.15, 0.2) is 29.4 Å². The van der Waals surface area contributed by atoms with E-state index in [9.17, 15) is 0 Å². The summed E-state index contributed by atoms with van der Waals surface area (Å²) in [5.74, 6) is 5.55. The van der Waals surface area contributed by atoms with Crippen LogP contribution in [0.4, 0.5) is 0 Å². The Bertz CT molecular complexity index is 478. The Kier molecular flexibility index (Phi) is 3.00. The normalized spacial score (nSPS) is 10.5. The molecule has 1 aromatic carbocycles. The average molecular weight is 223 g/mol. The number of ether oxygens (including phenoxy) is 1. The molecule has 6 heteroatoms. The van der Waals surface area contributed by atoms with Gasteiger partial charge in [-0.05, 0) is 12.1 Å². The molecule has 78 valence electrons. The smallest absolute Gasteiger partial charge is 0.224 e. The molecule has 15 heavy (non-hydrogen) atoms. The van der Waals surface area contributed by atoms with Crippen LogP contribution < -0.4 is 10.6 Å². The van der Waals surface area contributed by atoms with Gasteiger partial charge in [0.15, 0.2) is 0 Å². The van der Waals surface area contributed by atoms with Gasteiger partial charge in [0.05, 0.1) is 35.0 Å². The molecule has 1 heterocycles. The maximum atomic E-state index is 5.13. The number of para-hydroxylation sites is 1. The van der Waals surface area contributed by atoms with Crippen molar-refractivity contribution in [2.75, 3.05) is 7.11 Å². The third-order valence-electron chi connectivity index (χ3n) is 1.92. The van der Waals surface area contributed by atoms with Gasteiger partial charge in [0.25, 0.3) is 0 Å². The summed E-state index contributed by atoms with van der Waals surface area (Å²) in [6, 6.07) is 5.62. The van der Waals surface area contributed by atoms with Gasteiger partial charge in [-0.2, -0.15) is 0 Å². The number of nitrogens with zero attached hydrogens (tertiary/aromatic N) is 2. The third-order valence-corrected chi connectivity index (χ3v) is 2.53. The second kappa shape index (κ2) is 4.43. The number of rotatable bonds is 3. The molecule has 2 rings (SSSR count). The van der Waals surface area contributed by atoms with Crippen LogP contribution in [0.5, 0.6) is 5.88 Å². The summed E-state index contributed by atoms with van der Waals surface area (Å²) in [7, 11) is 1.57. The zero-order valence-electron chi connectivity index (χ0n) is 8.01. The predicted octanol–water partition coefficient (Wildman–Crippen LogP) is 1.54. The largest absolute Gasteiger partial charge is 0.480 e. The summed E-state index contributed by atoms with van der Waals surface area (Å²) in [4.78, 5) is 9.00. The van der Waals surface area contributed by atoms with Crippen molar-refractivity contribution in [3.63, 3.8) is 0 Å². The zero-order valence-corrected chi connectivity index (χ0v) is 8.82. The van der Waals surface area contributed by atoms with E-state index < -0.39 is 0 Å². The van der Waals surface area contributed by atoms with Gasteiger partial charge >= 0.3 is 0 Å². The molecule has 0 saturated heterocycles. The Hall–Kier alpha value is -1.37. The van der Waals surface area contributed by atoms with E-state index in [2.05, 4.69) is 14.3 Å². The fourth-order valence-corrected chi connectivity index (χ4v) is 1.80. The van der Waals surface area contributed by atoms with Crippen molar-refractivity contribution in [3.05, 3.63) is 24.5 Å². The van der Waals surface area contributed by atoms with Crippen LogP contribution in [0.3, 0.4) is 0 Å². The molecule has 0 aliphatic rings. The van der Waals surface area contributed by atoms with Crippen molar-refractivity contribution in [2.45, 2.75) is 4.90 Å². The zero-order chi connectivity index (χ0) is 10.7. The van der Waals surface area contributed by atoms with Crippen LogP contribution in [0.25, 0.3) is 10.9 Å². The monoisotopic (exact) mass is 223 g/mol. The summed E-state index contributed by atoms with van der Waals surface area (Å²) in [5, 5.41) is 0.835. The molecule has 0 amide bonds. The van der Waals surface area contributed by atoms with Crippen LogP contribution in [0.2, 0.25) is 0 Å². The van der Waals surface area contributed by atoms with Crippen LogP contribution in [0.1, 0.15) is 0 Å². The van der Waals surface area contributed by atoms with Gasteiger partial charge in [0, 0.05) is 0 Å². The molecular formula is C9H9N3O2S. The predicted molar refractivity (Wildman–Crippen MR) is 57.2 cm³/mol. The Morgan fingerprint density at radius 2 is 2.20 bits per heavy atom. The average Bonchev–Trinajstić information content (AvgIpc) is 2.29. The van der Waals surface area contributed by atoms with Gasteiger partial charge in [-0.1, -0.05) is 6.07 Å². The fourth-order valence-electron chi connectivity index (χ4n) is 1.32. The second-order valence-electron chi connectivity index (χ2n) is 2.71. The molecule has 0 fully saturated rings. The Labute approximate surface area is 90.8 Å². The lowest BCUT2D eigenvalue weighted by molar-refractivity contribution is 0.398. The Morgan fingerprint density at radius 3 is 2.93 bits per heavy atom. The third kappa shape index (κ3) is 1.87. The van der Waals surface area contributed by atoms with Crippen molar-refractivity contribution in [1.82, 2.24) is 9.97 Å². The van der Waals surface area contributed by atoms with Gasteiger partial charge in [-0.3, -0.25) is 0 Å². The topological polar surface area (TPSA) is 70.3 Å². The maximum Gasteiger partial charge on any atom is 0.224 e. The molecule has 0 bridgehead atoms. The van der Waals surface area contributed by atoms with Gasteiger partial charge < -0.3 is 4.74 Å². The molecule has 2 aromatic rings. The van der Waals surface area contributed by atoms with Gasteiger partial charge in [0.2, 0.25) is 5.88 Å². The first-order valence-electron chi connectivity index (χ1n) is 4.18. The lowest BCUT2D eigenvalue weighted by atomic mass is 10.2. The lowest BCUT2D eigenvalue weighted by Crippen LogP contribution is -1.93. The van der Waals surface area contributed by atoms with Crippen molar-refractivity contribution in [2.24, 2.45) is 5.90 Å². The van der Waals surface area contributed by atoms with Crippen LogP contribution in [-0.4, -0.2) is 17.1 Å². The number of methoxy groups -OCH3 is 1. The standard InChI is InChI=1S/C9H9N3O2S/c1-13-9-6-3-2-4-7(15-14-10)8(6)11-5-12-9/h2-5H,10H2,1H3. The minimum Gasteiger partial charge on any atom is -0.480 e. The van der Waals surface area contributed by atoms with E-state index in [1.165, 1.54) is 6.33 Å². The summed E-state index contributed by atoms with van der Waals surface area (Å²) in [6.07, 6.45) is 1.45. The number of benzene rings is 1. The first-order chi connectivity index (χ1) is 7.36. The molecule has 0 spiro atoms. The van der Waals surface area contributed by atoms with Gasteiger partial charge in [-0.15, -0.1) is 0 Å². The molecule has 0 aliphatic carbocycles. The fraction of sp³-hybridized carbons (Fsp3) is 0.111.